The van der Waals surface area contributed by atoms with E-state index in [9.17, 15) is 4.79 Å². The summed E-state index contributed by atoms with van der Waals surface area (Å²) in [4.78, 5) is 13.6. The Balaban J connectivity index is 1.22. The minimum Gasteiger partial charge on any atom is -0.461 e. The number of carbonyl (C=O) groups is 1. The third-order valence-corrected chi connectivity index (χ3v) is 11.6. The van der Waals surface area contributed by atoms with Crippen molar-refractivity contribution in [3.63, 3.8) is 0 Å². The van der Waals surface area contributed by atoms with Crippen LogP contribution in [0, 0.1) is 6.92 Å². The van der Waals surface area contributed by atoms with E-state index in [1.807, 2.05) is 58.0 Å². The maximum Gasteiger partial charge on any atom is 0.306 e. The highest BCUT2D eigenvalue weighted by molar-refractivity contribution is 8.77. The van der Waals surface area contributed by atoms with Crippen molar-refractivity contribution in [2.24, 2.45) is 7.05 Å². The fourth-order valence-electron chi connectivity index (χ4n) is 4.71. The zero-order valence-corrected chi connectivity index (χ0v) is 25.7. The van der Waals surface area contributed by atoms with Gasteiger partial charge in [0.15, 0.2) is 11.8 Å². The summed E-state index contributed by atoms with van der Waals surface area (Å²) in [5.74, 6) is 1.15. The van der Waals surface area contributed by atoms with Crippen LogP contribution < -0.4 is 4.57 Å². The number of rotatable bonds is 15. The molecule has 0 N–H and O–H groups in total. The van der Waals surface area contributed by atoms with E-state index in [1.54, 1.807) is 18.4 Å². The van der Waals surface area contributed by atoms with Gasteiger partial charge in [-0.3, -0.25) is 4.79 Å². The summed E-state index contributed by atoms with van der Waals surface area (Å²) in [6.45, 7) is 3.58. The number of hydrogen-bond donors (Lipinski definition) is 0. The van der Waals surface area contributed by atoms with Crippen LogP contribution >= 0.6 is 32.9 Å². The fourth-order valence-corrected chi connectivity index (χ4v) is 9.08. The van der Waals surface area contributed by atoms with E-state index in [1.165, 1.54) is 34.2 Å². The zero-order valence-electron chi connectivity index (χ0n) is 23.2. The predicted octanol–water partition coefficient (Wildman–Crippen LogP) is 7.13. The van der Waals surface area contributed by atoms with E-state index in [0.29, 0.717) is 26.2 Å². The summed E-state index contributed by atoms with van der Waals surface area (Å²) in [5, 5.41) is 1.95. The van der Waals surface area contributed by atoms with Crippen LogP contribution in [-0.4, -0.2) is 30.7 Å². The van der Waals surface area contributed by atoms with Gasteiger partial charge in [0.2, 0.25) is 0 Å². The van der Waals surface area contributed by atoms with Crippen LogP contribution in [-0.2, 0) is 45.7 Å². The smallest absolute Gasteiger partial charge is 0.306 e. The van der Waals surface area contributed by atoms with Crippen LogP contribution in [0.1, 0.15) is 70.5 Å². The van der Waals surface area contributed by atoms with Crippen molar-refractivity contribution in [1.29, 1.82) is 0 Å². The molecule has 1 fully saturated rings. The number of thiazole rings is 1. The number of hydrogen-bond acceptors (Lipinski definition) is 7. The van der Waals surface area contributed by atoms with E-state index >= 15 is 0 Å². The van der Waals surface area contributed by atoms with Crippen LogP contribution in [0.15, 0.2) is 54.6 Å². The van der Waals surface area contributed by atoms with Gasteiger partial charge < -0.3 is 14.2 Å². The molecule has 0 saturated carbocycles. The monoisotopic (exact) mass is 586 g/mol. The first kappa shape index (κ1) is 30.1. The number of nitrogens with zero attached hydrogens (tertiary/aromatic N) is 1. The maximum absolute atomic E-state index is 12.3. The lowest BCUT2D eigenvalue weighted by molar-refractivity contribution is -0.683. The standard InChI is InChI=1S/C31H40NO4S3/c1-23-28(38-31(32(23)2)30(34-3)24-11-5-4-6-12-24)17-19-35-21-25-13-7-8-14-26(25)22-36-29(33)16-10-9-15-27-18-20-37-39-27/h4-8,11-14,27,30H,9-10,15-22H2,1-3H3/q+1. The van der Waals surface area contributed by atoms with Crippen molar-refractivity contribution in [3.8, 4) is 0 Å². The molecular formula is C31H40NO4S3+. The first-order chi connectivity index (χ1) is 19.1. The van der Waals surface area contributed by atoms with Crippen molar-refractivity contribution >= 4 is 38.9 Å². The molecular weight excluding hydrogens is 547 g/mol. The predicted molar refractivity (Wildman–Crippen MR) is 162 cm³/mol. The molecule has 2 unspecified atom stereocenters. The van der Waals surface area contributed by atoms with E-state index in [4.69, 9.17) is 14.2 Å². The lowest BCUT2D eigenvalue weighted by Gasteiger charge is -2.11. The number of unbranched alkanes of at least 4 members (excludes halogenated alkanes) is 1. The van der Waals surface area contributed by atoms with E-state index in [-0.39, 0.29) is 12.1 Å². The molecule has 39 heavy (non-hydrogen) atoms. The molecule has 0 spiro atoms. The number of methoxy groups -OCH3 is 1. The lowest BCUT2D eigenvalue weighted by atomic mass is 10.1. The van der Waals surface area contributed by atoms with Crippen molar-refractivity contribution in [3.05, 3.63) is 86.9 Å². The molecule has 0 bridgehead atoms. The molecule has 2 aromatic carbocycles. The highest BCUT2D eigenvalue weighted by atomic mass is 33.1. The van der Waals surface area contributed by atoms with Gasteiger partial charge in [-0.05, 0) is 36.0 Å². The maximum atomic E-state index is 12.3. The van der Waals surface area contributed by atoms with Gasteiger partial charge in [-0.15, -0.1) is 0 Å². The molecule has 2 atom stereocenters. The van der Waals surface area contributed by atoms with Gasteiger partial charge in [0.1, 0.15) is 13.7 Å². The highest BCUT2D eigenvalue weighted by Gasteiger charge is 2.28. The van der Waals surface area contributed by atoms with Crippen molar-refractivity contribution in [1.82, 2.24) is 0 Å². The summed E-state index contributed by atoms with van der Waals surface area (Å²) in [6, 6.07) is 18.4. The summed E-state index contributed by atoms with van der Waals surface area (Å²) < 4.78 is 19.8. The van der Waals surface area contributed by atoms with Gasteiger partial charge in [-0.1, -0.05) is 93.9 Å². The van der Waals surface area contributed by atoms with Gasteiger partial charge in [0, 0.05) is 37.9 Å². The van der Waals surface area contributed by atoms with Crippen LogP contribution in [0.3, 0.4) is 0 Å². The van der Waals surface area contributed by atoms with Crippen LogP contribution in [0.4, 0.5) is 0 Å². The van der Waals surface area contributed by atoms with Crippen molar-refractivity contribution in [2.75, 3.05) is 19.5 Å². The Kier molecular flexibility index (Phi) is 12.2. The minimum absolute atomic E-state index is 0.0884. The fraction of sp³-hybridized carbons (Fsp3) is 0.484. The van der Waals surface area contributed by atoms with Crippen LogP contribution in [0.2, 0.25) is 0 Å². The van der Waals surface area contributed by atoms with Gasteiger partial charge in [0.25, 0.3) is 5.01 Å². The largest absolute Gasteiger partial charge is 0.461 e. The molecule has 3 aromatic rings. The Bertz CT molecular complexity index is 1180. The second-order valence-electron chi connectivity index (χ2n) is 9.84. The first-order valence-corrected chi connectivity index (χ1v) is 16.9. The lowest BCUT2D eigenvalue weighted by Crippen LogP contribution is -2.35. The molecule has 5 nitrogen and oxygen atoms in total. The second-order valence-corrected chi connectivity index (χ2v) is 13.7. The van der Waals surface area contributed by atoms with Crippen LogP contribution in [0.5, 0.6) is 0 Å². The molecule has 2 heterocycles. The second kappa shape index (κ2) is 15.8. The number of benzene rings is 2. The first-order valence-electron chi connectivity index (χ1n) is 13.7. The molecule has 1 aliphatic rings. The molecule has 4 rings (SSSR count). The Hall–Kier alpha value is -1.84. The third kappa shape index (κ3) is 8.82. The topological polar surface area (TPSA) is 48.6 Å². The SMILES string of the molecule is COC(c1ccccc1)c1sc(CCOCc2ccccc2COC(=O)CCCCC2CCSS2)c(C)[n+]1C. The normalized spacial score (nSPS) is 15.9. The number of carbonyl (C=O) groups excluding carboxylic acids is 1. The molecule has 1 saturated heterocycles. The number of aromatic nitrogens is 1. The molecule has 210 valence electrons. The Morgan fingerprint density at radius 2 is 1.79 bits per heavy atom. The van der Waals surface area contributed by atoms with E-state index < -0.39 is 0 Å². The Morgan fingerprint density at radius 1 is 1.05 bits per heavy atom. The average molecular weight is 587 g/mol. The van der Waals surface area contributed by atoms with E-state index in [2.05, 4.69) is 36.7 Å². The summed E-state index contributed by atoms with van der Waals surface area (Å²) in [5.41, 5.74) is 4.47. The van der Waals surface area contributed by atoms with Crippen LogP contribution in [0.25, 0.3) is 0 Å². The van der Waals surface area contributed by atoms with Gasteiger partial charge in [-0.2, -0.15) is 4.57 Å². The molecule has 0 radical (unpaired) electrons. The summed E-state index contributed by atoms with van der Waals surface area (Å²) >= 11 is 1.79. The van der Waals surface area contributed by atoms with Gasteiger partial charge in [0.05, 0.1) is 18.1 Å². The summed E-state index contributed by atoms with van der Waals surface area (Å²) in [7, 11) is 7.84. The average Bonchev–Trinajstić information content (AvgIpc) is 3.58. The van der Waals surface area contributed by atoms with Gasteiger partial charge >= 0.3 is 5.97 Å². The van der Waals surface area contributed by atoms with Crippen molar-refractivity contribution < 1.29 is 23.6 Å². The number of ether oxygens (including phenoxy) is 3. The molecule has 0 amide bonds. The highest BCUT2D eigenvalue weighted by Crippen LogP contribution is 2.40. The number of esters is 1. The quantitative estimate of drug-likeness (QED) is 0.0817. The summed E-state index contributed by atoms with van der Waals surface area (Å²) in [6.07, 6.45) is 5.75. The molecule has 1 aromatic heterocycles. The Morgan fingerprint density at radius 3 is 2.51 bits per heavy atom. The Labute approximate surface area is 245 Å². The van der Waals surface area contributed by atoms with Gasteiger partial charge in [-0.25, -0.2) is 0 Å². The van der Waals surface area contributed by atoms with Crippen molar-refractivity contribution in [2.45, 2.75) is 70.0 Å². The molecule has 0 aliphatic carbocycles. The minimum atomic E-state index is -0.110. The molecule has 1 aliphatic heterocycles. The molecule has 8 heteroatoms. The zero-order chi connectivity index (χ0) is 27.5. The van der Waals surface area contributed by atoms with E-state index in [0.717, 1.165) is 41.2 Å². The third-order valence-electron chi connectivity index (χ3n) is 7.15.